The third-order valence-corrected chi connectivity index (χ3v) is 3.66. The van der Waals surface area contributed by atoms with Crippen LogP contribution in [0.5, 0.6) is 0 Å². The quantitative estimate of drug-likeness (QED) is 0.921. The molecule has 0 bridgehead atoms. The highest BCUT2D eigenvalue weighted by atomic mass is 79.9. The molecule has 2 rings (SSSR count). The second kappa shape index (κ2) is 4.70. The van der Waals surface area contributed by atoms with Gasteiger partial charge in [0.25, 0.3) is 0 Å². The number of anilines is 1. The Labute approximate surface area is 105 Å². The molecule has 1 N–H and O–H groups in total. The Kier molecular flexibility index (Phi) is 3.47. The molecule has 16 heavy (non-hydrogen) atoms. The number of hydrogen-bond acceptors (Lipinski definition) is 3. The van der Waals surface area contributed by atoms with Gasteiger partial charge >= 0.3 is 0 Å². The van der Waals surface area contributed by atoms with E-state index in [4.69, 9.17) is 0 Å². The number of hydrogen-bond donors (Lipinski definition) is 1. The molecule has 1 aliphatic rings. The standard InChI is InChI=1S/C12H18BrN3/c1-7(2)11-10(13)12(14-3)16-9(15-11)6-8-4-5-8/h7-8H,4-6H2,1-3H3,(H,14,15,16). The number of rotatable bonds is 4. The van der Waals surface area contributed by atoms with E-state index in [0.717, 1.165) is 34.1 Å². The van der Waals surface area contributed by atoms with Gasteiger partial charge < -0.3 is 5.32 Å². The first kappa shape index (κ1) is 11.8. The summed E-state index contributed by atoms with van der Waals surface area (Å²) in [6, 6.07) is 0. The van der Waals surface area contributed by atoms with Gasteiger partial charge in [0.2, 0.25) is 0 Å². The first-order valence-electron chi connectivity index (χ1n) is 5.86. The highest BCUT2D eigenvalue weighted by Crippen LogP contribution is 2.34. The summed E-state index contributed by atoms with van der Waals surface area (Å²) in [6.45, 7) is 4.32. The van der Waals surface area contributed by atoms with E-state index in [2.05, 4.69) is 45.1 Å². The second-order valence-corrected chi connectivity index (χ2v) is 5.53. The molecule has 0 radical (unpaired) electrons. The molecular formula is C12H18BrN3. The van der Waals surface area contributed by atoms with Crippen molar-refractivity contribution in [3.05, 3.63) is 16.0 Å². The number of halogens is 1. The lowest BCUT2D eigenvalue weighted by atomic mass is 10.1. The highest BCUT2D eigenvalue weighted by Gasteiger charge is 2.24. The van der Waals surface area contributed by atoms with Gasteiger partial charge in [0.1, 0.15) is 11.6 Å². The molecule has 0 aromatic carbocycles. The molecule has 1 heterocycles. The van der Waals surface area contributed by atoms with E-state index in [1.54, 1.807) is 0 Å². The SMILES string of the molecule is CNc1nc(CC2CC2)nc(C(C)C)c1Br. The van der Waals surface area contributed by atoms with Gasteiger partial charge in [0.05, 0.1) is 10.2 Å². The van der Waals surface area contributed by atoms with E-state index in [9.17, 15) is 0 Å². The van der Waals surface area contributed by atoms with Crippen LogP contribution in [0.2, 0.25) is 0 Å². The largest absolute Gasteiger partial charge is 0.372 e. The molecule has 1 aromatic rings. The van der Waals surface area contributed by atoms with Crippen LogP contribution in [0.4, 0.5) is 5.82 Å². The average molecular weight is 284 g/mol. The third-order valence-electron chi connectivity index (χ3n) is 2.88. The summed E-state index contributed by atoms with van der Waals surface area (Å²) >= 11 is 3.57. The fourth-order valence-corrected chi connectivity index (χ4v) is 2.57. The molecule has 1 saturated carbocycles. The molecule has 3 nitrogen and oxygen atoms in total. The number of aromatic nitrogens is 2. The van der Waals surface area contributed by atoms with Crippen molar-refractivity contribution in [1.29, 1.82) is 0 Å². The van der Waals surface area contributed by atoms with Crippen LogP contribution in [-0.2, 0) is 6.42 Å². The molecule has 0 spiro atoms. The van der Waals surface area contributed by atoms with Gasteiger partial charge in [-0.05, 0) is 40.6 Å². The Morgan fingerprint density at radius 3 is 2.56 bits per heavy atom. The average Bonchev–Trinajstić information content (AvgIpc) is 3.03. The molecule has 0 unspecified atom stereocenters. The molecule has 88 valence electrons. The van der Waals surface area contributed by atoms with Crippen molar-refractivity contribution in [3.8, 4) is 0 Å². The van der Waals surface area contributed by atoms with Crippen molar-refractivity contribution < 1.29 is 0 Å². The minimum absolute atomic E-state index is 0.419. The Bertz CT molecular complexity index is 386. The Morgan fingerprint density at radius 1 is 1.38 bits per heavy atom. The summed E-state index contributed by atoms with van der Waals surface area (Å²) in [5.41, 5.74) is 1.11. The monoisotopic (exact) mass is 283 g/mol. The summed E-state index contributed by atoms with van der Waals surface area (Å²) in [6.07, 6.45) is 3.71. The van der Waals surface area contributed by atoms with Crippen LogP contribution in [-0.4, -0.2) is 17.0 Å². The first-order valence-corrected chi connectivity index (χ1v) is 6.65. The normalized spacial score (nSPS) is 15.6. The van der Waals surface area contributed by atoms with Gasteiger partial charge in [-0.15, -0.1) is 0 Å². The zero-order chi connectivity index (χ0) is 11.7. The number of nitrogens with one attached hydrogen (secondary N) is 1. The van der Waals surface area contributed by atoms with Crippen molar-refractivity contribution in [2.24, 2.45) is 5.92 Å². The van der Waals surface area contributed by atoms with Crippen molar-refractivity contribution in [3.63, 3.8) is 0 Å². The smallest absolute Gasteiger partial charge is 0.144 e. The first-order chi connectivity index (χ1) is 7.61. The van der Waals surface area contributed by atoms with Crippen LogP contribution in [0.15, 0.2) is 4.47 Å². The van der Waals surface area contributed by atoms with Crippen LogP contribution in [0, 0.1) is 5.92 Å². The molecular weight excluding hydrogens is 266 g/mol. The topological polar surface area (TPSA) is 37.8 Å². The maximum Gasteiger partial charge on any atom is 0.144 e. The van der Waals surface area contributed by atoms with Crippen LogP contribution in [0.25, 0.3) is 0 Å². The third kappa shape index (κ3) is 2.54. The van der Waals surface area contributed by atoms with Gasteiger partial charge in [-0.3, -0.25) is 0 Å². The van der Waals surface area contributed by atoms with Gasteiger partial charge in [0, 0.05) is 13.5 Å². The Hall–Kier alpha value is -0.640. The van der Waals surface area contributed by atoms with Gasteiger partial charge in [-0.1, -0.05) is 13.8 Å². The summed E-state index contributed by atoms with van der Waals surface area (Å²) < 4.78 is 1.00. The summed E-state index contributed by atoms with van der Waals surface area (Å²) in [5.74, 6) is 3.14. The molecule has 1 fully saturated rings. The van der Waals surface area contributed by atoms with Crippen LogP contribution < -0.4 is 5.32 Å². The molecule has 0 amide bonds. The van der Waals surface area contributed by atoms with Gasteiger partial charge in [-0.25, -0.2) is 9.97 Å². The van der Waals surface area contributed by atoms with Crippen molar-refractivity contribution >= 4 is 21.7 Å². The van der Waals surface area contributed by atoms with Crippen molar-refractivity contribution in [1.82, 2.24) is 9.97 Å². The maximum absolute atomic E-state index is 4.66. The van der Waals surface area contributed by atoms with Crippen LogP contribution >= 0.6 is 15.9 Å². The minimum Gasteiger partial charge on any atom is -0.372 e. The van der Waals surface area contributed by atoms with E-state index < -0.39 is 0 Å². The second-order valence-electron chi connectivity index (χ2n) is 4.74. The number of nitrogens with zero attached hydrogens (tertiary/aromatic N) is 2. The predicted octanol–water partition coefficient (Wildman–Crippen LogP) is 3.36. The lowest BCUT2D eigenvalue weighted by molar-refractivity contribution is 0.730. The summed E-state index contributed by atoms with van der Waals surface area (Å²) in [5, 5.41) is 3.13. The Balaban J connectivity index is 2.34. The molecule has 0 aliphatic heterocycles. The zero-order valence-electron chi connectivity index (χ0n) is 10.0. The maximum atomic E-state index is 4.66. The Morgan fingerprint density at radius 2 is 2.06 bits per heavy atom. The minimum atomic E-state index is 0.419. The molecule has 1 aromatic heterocycles. The lowest BCUT2D eigenvalue weighted by Crippen LogP contribution is -2.07. The fraction of sp³-hybridized carbons (Fsp3) is 0.667. The molecule has 0 atom stereocenters. The summed E-state index contributed by atoms with van der Waals surface area (Å²) in [7, 11) is 1.90. The van der Waals surface area contributed by atoms with Gasteiger partial charge in [-0.2, -0.15) is 0 Å². The predicted molar refractivity (Wildman–Crippen MR) is 69.8 cm³/mol. The molecule has 1 aliphatic carbocycles. The lowest BCUT2D eigenvalue weighted by Gasteiger charge is -2.13. The van der Waals surface area contributed by atoms with E-state index in [1.165, 1.54) is 12.8 Å². The van der Waals surface area contributed by atoms with Gasteiger partial charge in [0.15, 0.2) is 0 Å². The van der Waals surface area contributed by atoms with E-state index in [0.29, 0.717) is 5.92 Å². The van der Waals surface area contributed by atoms with Crippen molar-refractivity contribution in [2.75, 3.05) is 12.4 Å². The molecule has 4 heteroatoms. The van der Waals surface area contributed by atoms with E-state index >= 15 is 0 Å². The highest BCUT2D eigenvalue weighted by molar-refractivity contribution is 9.10. The summed E-state index contributed by atoms with van der Waals surface area (Å²) in [4.78, 5) is 9.21. The van der Waals surface area contributed by atoms with E-state index in [1.807, 2.05) is 7.05 Å². The van der Waals surface area contributed by atoms with Crippen molar-refractivity contribution in [2.45, 2.75) is 39.0 Å². The fourth-order valence-electron chi connectivity index (χ4n) is 1.73. The van der Waals surface area contributed by atoms with Crippen LogP contribution in [0.1, 0.15) is 44.1 Å². The van der Waals surface area contributed by atoms with Crippen LogP contribution in [0.3, 0.4) is 0 Å². The van der Waals surface area contributed by atoms with E-state index in [-0.39, 0.29) is 0 Å². The zero-order valence-corrected chi connectivity index (χ0v) is 11.6. The molecule has 0 saturated heterocycles.